The number of amides is 1. The van der Waals surface area contributed by atoms with Gasteiger partial charge in [0.05, 0.1) is 12.4 Å². The van der Waals surface area contributed by atoms with Crippen LogP contribution >= 0.6 is 0 Å². The van der Waals surface area contributed by atoms with E-state index in [0.29, 0.717) is 17.4 Å². The molecule has 2 N–H and O–H groups in total. The van der Waals surface area contributed by atoms with Crippen LogP contribution in [0.25, 0.3) is 0 Å². The minimum atomic E-state index is -0.136. The Kier molecular flexibility index (Phi) is 4.71. The van der Waals surface area contributed by atoms with E-state index in [-0.39, 0.29) is 11.9 Å². The van der Waals surface area contributed by atoms with Crippen LogP contribution in [0.1, 0.15) is 49.5 Å². The lowest BCUT2D eigenvalue weighted by Crippen LogP contribution is -2.39. The van der Waals surface area contributed by atoms with Gasteiger partial charge in [0.25, 0.3) is 5.91 Å². The van der Waals surface area contributed by atoms with Crippen molar-refractivity contribution in [3.8, 4) is 0 Å². The Balaban J connectivity index is 1.95. The summed E-state index contributed by atoms with van der Waals surface area (Å²) >= 11 is 0. The van der Waals surface area contributed by atoms with Crippen LogP contribution in [0.3, 0.4) is 0 Å². The molecule has 1 aliphatic carbocycles. The second-order valence-electron chi connectivity index (χ2n) is 5.20. The molecule has 104 valence electrons. The van der Waals surface area contributed by atoms with Gasteiger partial charge in [0, 0.05) is 13.1 Å². The molecule has 1 fully saturated rings. The van der Waals surface area contributed by atoms with E-state index in [1.165, 1.54) is 38.3 Å². The number of nitrogens with zero attached hydrogens (tertiary/aromatic N) is 2. The number of nitrogens with one attached hydrogen (secondary N) is 2. The standard InChI is InChI=1S/C14H22N4O/c1-10(11-6-4-3-5-7-11)17-14(19)12-8-16-9-13(15-2)18-12/h8-11H,3-7H2,1-2H3,(H,15,18)(H,17,19). The monoisotopic (exact) mass is 262 g/mol. The molecule has 1 atom stereocenters. The maximum Gasteiger partial charge on any atom is 0.271 e. The molecular weight excluding hydrogens is 240 g/mol. The average Bonchev–Trinajstić information content (AvgIpc) is 2.48. The number of anilines is 1. The molecule has 5 nitrogen and oxygen atoms in total. The molecule has 1 heterocycles. The zero-order chi connectivity index (χ0) is 13.7. The first-order chi connectivity index (χ1) is 9.20. The molecule has 5 heteroatoms. The topological polar surface area (TPSA) is 66.9 Å². The summed E-state index contributed by atoms with van der Waals surface area (Å²) in [5, 5.41) is 5.93. The fourth-order valence-electron chi connectivity index (χ4n) is 2.63. The van der Waals surface area contributed by atoms with Crippen LogP contribution in [-0.4, -0.2) is 29.0 Å². The highest BCUT2D eigenvalue weighted by atomic mass is 16.1. The Morgan fingerprint density at radius 2 is 2.05 bits per heavy atom. The van der Waals surface area contributed by atoms with Gasteiger partial charge in [-0.25, -0.2) is 4.98 Å². The van der Waals surface area contributed by atoms with Crippen LogP contribution in [-0.2, 0) is 0 Å². The molecule has 1 aromatic rings. The molecule has 0 bridgehead atoms. The third-order valence-corrected chi connectivity index (χ3v) is 3.84. The molecule has 0 aliphatic heterocycles. The van der Waals surface area contributed by atoms with Gasteiger partial charge in [-0.3, -0.25) is 9.78 Å². The van der Waals surface area contributed by atoms with Crippen molar-refractivity contribution >= 4 is 11.7 Å². The van der Waals surface area contributed by atoms with Gasteiger partial charge in [-0.2, -0.15) is 0 Å². The Morgan fingerprint density at radius 3 is 2.74 bits per heavy atom. The van der Waals surface area contributed by atoms with Crippen LogP contribution in [0.5, 0.6) is 0 Å². The highest BCUT2D eigenvalue weighted by Gasteiger charge is 2.22. The molecule has 1 aliphatic rings. The Bertz CT molecular complexity index is 429. The molecular formula is C14H22N4O. The first kappa shape index (κ1) is 13.8. The number of carbonyl (C=O) groups excluding carboxylic acids is 1. The van der Waals surface area contributed by atoms with Gasteiger partial charge in [0.15, 0.2) is 0 Å². The first-order valence-corrected chi connectivity index (χ1v) is 7.01. The normalized spacial score (nSPS) is 17.8. The van der Waals surface area contributed by atoms with E-state index in [0.717, 1.165) is 0 Å². The summed E-state index contributed by atoms with van der Waals surface area (Å²) in [6, 6.07) is 0.202. The van der Waals surface area contributed by atoms with Crippen LogP contribution in [0.4, 0.5) is 5.82 Å². The van der Waals surface area contributed by atoms with Crippen molar-refractivity contribution in [3.05, 3.63) is 18.1 Å². The van der Waals surface area contributed by atoms with E-state index >= 15 is 0 Å². The van der Waals surface area contributed by atoms with Crippen molar-refractivity contribution in [2.24, 2.45) is 5.92 Å². The molecule has 1 aromatic heterocycles. The van der Waals surface area contributed by atoms with E-state index in [9.17, 15) is 4.79 Å². The fraction of sp³-hybridized carbons (Fsp3) is 0.643. The summed E-state index contributed by atoms with van der Waals surface area (Å²) in [4.78, 5) is 20.3. The number of rotatable bonds is 4. The SMILES string of the molecule is CNc1cncc(C(=O)NC(C)C2CCCCC2)n1. The summed E-state index contributed by atoms with van der Waals surface area (Å²) in [6.07, 6.45) is 9.41. The molecule has 19 heavy (non-hydrogen) atoms. The largest absolute Gasteiger partial charge is 0.372 e. The summed E-state index contributed by atoms with van der Waals surface area (Å²) in [7, 11) is 1.76. The molecule has 0 spiro atoms. The number of hydrogen-bond acceptors (Lipinski definition) is 4. The second-order valence-corrected chi connectivity index (χ2v) is 5.20. The van der Waals surface area contributed by atoms with Gasteiger partial charge in [-0.15, -0.1) is 0 Å². The molecule has 1 saturated carbocycles. The van der Waals surface area contributed by atoms with Crippen LogP contribution in [0, 0.1) is 5.92 Å². The van der Waals surface area contributed by atoms with Crippen molar-refractivity contribution < 1.29 is 4.79 Å². The zero-order valence-corrected chi connectivity index (χ0v) is 11.6. The smallest absolute Gasteiger partial charge is 0.271 e. The highest BCUT2D eigenvalue weighted by Crippen LogP contribution is 2.26. The summed E-state index contributed by atoms with van der Waals surface area (Å²) in [5.41, 5.74) is 0.370. The van der Waals surface area contributed by atoms with E-state index in [1.54, 1.807) is 13.2 Å². The number of carbonyl (C=O) groups is 1. The van der Waals surface area contributed by atoms with Crippen molar-refractivity contribution in [1.29, 1.82) is 0 Å². The lowest BCUT2D eigenvalue weighted by atomic mass is 9.84. The molecule has 1 amide bonds. The Labute approximate surface area is 114 Å². The van der Waals surface area contributed by atoms with Crippen LogP contribution in [0.15, 0.2) is 12.4 Å². The summed E-state index contributed by atoms with van der Waals surface area (Å²) in [5.74, 6) is 1.07. The van der Waals surface area contributed by atoms with Crippen LogP contribution < -0.4 is 10.6 Å². The molecule has 1 unspecified atom stereocenters. The van der Waals surface area contributed by atoms with Crippen molar-refractivity contribution in [2.75, 3.05) is 12.4 Å². The second kappa shape index (κ2) is 6.50. The Hall–Kier alpha value is -1.65. The summed E-state index contributed by atoms with van der Waals surface area (Å²) in [6.45, 7) is 2.09. The van der Waals surface area contributed by atoms with Gasteiger partial charge < -0.3 is 10.6 Å². The van der Waals surface area contributed by atoms with Gasteiger partial charge in [0.1, 0.15) is 11.5 Å². The quantitative estimate of drug-likeness (QED) is 0.873. The minimum Gasteiger partial charge on any atom is -0.372 e. The number of hydrogen-bond donors (Lipinski definition) is 2. The maximum absolute atomic E-state index is 12.1. The molecule has 2 rings (SSSR count). The Morgan fingerprint density at radius 1 is 1.32 bits per heavy atom. The maximum atomic E-state index is 12.1. The molecule has 0 radical (unpaired) electrons. The first-order valence-electron chi connectivity index (χ1n) is 7.01. The third-order valence-electron chi connectivity index (χ3n) is 3.84. The van der Waals surface area contributed by atoms with Gasteiger partial charge in [-0.1, -0.05) is 19.3 Å². The van der Waals surface area contributed by atoms with Crippen molar-refractivity contribution in [1.82, 2.24) is 15.3 Å². The molecule has 0 aromatic carbocycles. The number of aromatic nitrogens is 2. The van der Waals surface area contributed by atoms with E-state index < -0.39 is 0 Å². The van der Waals surface area contributed by atoms with Crippen molar-refractivity contribution in [2.45, 2.75) is 45.1 Å². The van der Waals surface area contributed by atoms with Gasteiger partial charge >= 0.3 is 0 Å². The lowest BCUT2D eigenvalue weighted by molar-refractivity contribution is 0.0914. The summed E-state index contributed by atoms with van der Waals surface area (Å²) < 4.78 is 0. The average molecular weight is 262 g/mol. The third kappa shape index (κ3) is 3.66. The minimum absolute atomic E-state index is 0.136. The highest BCUT2D eigenvalue weighted by molar-refractivity contribution is 5.92. The lowest BCUT2D eigenvalue weighted by Gasteiger charge is -2.28. The van der Waals surface area contributed by atoms with Crippen molar-refractivity contribution in [3.63, 3.8) is 0 Å². The zero-order valence-electron chi connectivity index (χ0n) is 11.6. The van der Waals surface area contributed by atoms with Crippen LogP contribution in [0.2, 0.25) is 0 Å². The van der Waals surface area contributed by atoms with E-state index in [1.807, 2.05) is 0 Å². The van der Waals surface area contributed by atoms with Gasteiger partial charge in [0.2, 0.25) is 0 Å². The predicted molar refractivity (Wildman–Crippen MR) is 75.1 cm³/mol. The fourth-order valence-corrected chi connectivity index (χ4v) is 2.63. The van der Waals surface area contributed by atoms with Gasteiger partial charge in [-0.05, 0) is 25.7 Å². The van der Waals surface area contributed by atoms with E-state index in [4.69, 9.17) is 0 Å². The van der Waals surface area contributed by atoms with E-state index in [2.05, 4.69) is 27.5 Å². The predicted octanol–water partition coefficient (Wildman–Crippen LogP) is 2.22. The molecule has 0 saturated heterocycles.